The molecule has 1 atom stereocenters. The highest BCUT2D eigenvalue weighted by atomic mass is 32.1. The van der Waals surface area contributed by atoms with Crippen molar-refractivity contribution in [1.82, 2.24) is 9.88 Å². The molecule has 3 aromatic rings. The lowest BCUT2D eigenvalue weighted by Gasteiger charge is -2.31. The van der Waals surface area contributed by atoms with E-state index in [0.717, 1.165) is 24.1 Å². The van der Waals surface area contributed by atoms with E-state index in [-0.39, 0.29) is 17.7 Å². The average Bonchev–Trinajstić information content (AvgIpc) is 3.39. The van der Waals surface area contributed by atoms with Gasteiger partial charge >= 0.3 is 0 Å². The minimum atomic E-state index is -0.246. The van der Waals surface area contributed by atoms with Crippen LogP contribution in [0.5, 0.6) is 0 Å². The number of nitrogens with zero attached hydrogens (tertiary/aromatic N) is 2. The molecule has 1 fully saturated rings. The molecule has 2 amide bonds. The van der Waals surface area contributed by atoms with Gasteiger partial charge in [-0.15, -0.1) is 11.3 Å². The van der Waals surface area contributed by atoms with Crippen LogP contribution in [0.2, 0.25) is 0 Å². The van der Waals surface area contributed by atoms with E-state index in [1.165, 1.54) is 40.6 Å². The predicted octanol–water partition coefficient (Wildman–Crippen LogP) is 4.82. The van der Waals surface area contributed by atoms with Crippen molar-refractivity contribution < 1.29 is 14.0 Å². The third kappa shape index (κ3) is 4.16. The van der Waals surface area contributed by atoms with Crippen LogP contribution >= 0.6 is 11.3 Å². The number of aryl methyl sites for hydroxylation is 3. The van der Waals surface area contributed by atoms with Gasteiger partial charge in [0.15, 0.2) is 5.13 Å². The number of carbonyl (C=O) groups excluding carboxylic acids is 2. The monoisotopic (exact) mass is 423 g/mol. The van der Waals surface area contributed by atoms with Crippen molar-refractivity contribution in [2.45, 2.75) is 33.6 Å². The lowest BCUT2D eigenvalue weighted by atomic mass is 9.96. The molecule has 1 saturated heterocycles. The van der Waals surface area contributed by atoms with Crippen molar-refractivity contribution in [3.05, 3.63) is 58.4 Å². The van der Waals surface area contributed by atoms with Gasteiger partial charge in [0.05, 0.1) is 23.4 Å². The Morgan fingerprint density at radius 3 is 2.70 bits per heavy atom. The normalized spacial score (nSPS) is 16.5. The second-order valence-electron chi connectivity index (χ2n) is 7.90. The second-order valence-corrected chi connectivity index (χ2v) is 8.76. The molecule has 0 bridgehead atoms. The van der Waals surface area contributed by atoms with E-state index in [1.54, 1.807) is 11.0 Å². The summed E-state index contributed by atoms with van der Waals surface area (Å²) < 4.78 is 5.01. The fourth-order valence-electron chi connectivity index (χ4n) is 4.18. The summed E-state index contributed by atoms with van der Waals surface area (Å²) in [6.07, 6.45) is 4.49. The lowest BCUT2D eigenvalue weighted by molar-refractivity contribution is -0.121. The van der Waals surface area contributed by atoms with E-state index >= 15 is 0 Å². The van der Waals surface area contributed by atoms with Crippen LogP contribution in [0.15, 0.2) is 40.5 Å². The maximum atomic E-state index is 12.8. The predicted molar refractivity (Wildman–Crippen MR) is 118 cm³/mol. The number of furan rings is 1. The molecule has 1 aliphatic rings. The van der Waals surface area contributed by atoms with Gasteiger partial charge in [0, 0.05) is 24.0 Å². The Bertz CT molecular complexity index is 1050. The molecule has 0 radical (unpaired) electrons. The lowest BCUT2D eigenvalue weighted by Crippen LogP contribution is -2.43. The summed E-state index contributed by atoms with van der Waals surface area (Å²) in [6.45, 7) is 7.31. The van der Waals surface area contributed by atoms with Gasteiger partial charge in [-0.05, 0) is 50.8 Å². The van der Waals surface area contributed by atoms with Crippen LogP contribution in [0.4, 0.5) is 5.13 Å². The van der Waals surface area contributed by atoms with E-state index in [2.05, 4.69) is 43.2 Å². The number of likely N-dealkylation sites (tertiary alicyclic amines) is 1. The van der Waals surface area contributed by atoms with Gasteiger partial charge in [-0.1, -0.05) is 17.7 Å². The van der Waals surface area contributed by atoms with Gasteiger partial charge in [-0.3, -0.25) is 9.59 Å². The SMILES string of the molecule is Cc1cc(C)c(-c2csc(NC(=O)C3CCCN(C(=O)c4ccoc4)C3)n2)c(C)c1. The van der Waals surface area contributed by atoms with Gasteiger partial charge in [0.1, 0.15) is 6.26 Å². The summed E-state index contributed by atoms with van der Waals surface area (Å²) in [4.78, 5) is 31.8. The number of rotatable bonds is 4. The number of benzene rings is 1. The fourth-order valence-corrected chi connectivity index (χ4v) is 4.89. The first kappa shape index (κ1) is 20.3. The fraction of sp³-hybridized carbons (Fsp3) is 0.348. The molecule has 6 nitrogen and oxygen atoms in total. The molecule has 1 aromatic carbocycles. The Morgan fingerprint density at radius 2 is 2.00 bits per heavy atom. The Kier molecular flexibility index (Phi) is 5.72. The third-order valence-electron chi connectivity index (χ3n) is 5.52. The number of carbonyl (C=O) groups is 2. The maximum Gasteiger partial charge on any atom is 0.257 e. The Balaban J connectivity index is 1.44. The number of hydrogen-bond acceptors (Lipinski definition) is 5. The molecule has 1 unspecified atom stereocenters. The number of nitrogens with one attached hydrogen (secondary N) is 1. The molecule has 3 heterocycles. The van der Waals surface area contributed by atoms with Gasteiger partial charge in [-0.25, -0.2) is 4.98 Å². The van der Waals surface area contributed by atoms with E-state index in [9.17, 15) is 9.59 Å². The van der Waals surface area contributed by atoms with E-state index < -0.39 is 0 Å². The maximum absolute atomic E-state index is 12.8. The van der Waals surface area contributed by atoms with Crippen LogP contribution in [0.25, 0.3) is 11.3 Å². The summed E-state index contributed by atoms with van der Waals surface area (Å²) in [6, 6.07) is 5.94. The highest BCUT2D eigenvalue weighted by molar-refractivity contribution is 7.14. The highest BCUT2D eigenvalue weighted by Gasteiger charge is 2.29. The largest absolute Gasteiger partial charge is 0.472 e. The second kappa shape index (κ2) is 8.44. The van der Waals surface area contributed by atoms with Crippen LogP contribution in [0.1, 0.15) is 39.9 Å². The Labute approximate surface area is 179 Å². The molecule has 1 aliphatic heterocycles. The van der Waals surface area contributed by atoms with Crippen molar-refractivity contribution in [2.75, 3.05) is 18.4 Å². The molecule has 1 N–H and O–H groups in total. The van der Waals surface area contributed by atoms with Gasteiger partial charge in [-0.2, -0.15) is 0 Å². The summed E-state index contributed by atoms with van der Waals surface area (Å²) in [5.74, 6) is -0.425. The molecule has 30 heavy (non-hydrogen) atoms. The zero-order valence-electron chi connectivity index (χ0n) is 17.4. The Morgan fingerprint density at radius 1 is 1.23 bits per heavy atom. The molecule has 7 heteroatoms. The van der Waals surface area contributed by atoms with E-state index in [4.69, 9.17) is 4.42 Å². The summed E-state index contributed by atoms with van der Waals surface area (Å²) >= 11 is 1.43. The van der Waals surface area contributed by atoms with Crippen molar-refractivity contribution in [3.8, 4) is 11.3 Å². The molecule has 0 saturated carbocycles. The zero-order chi connectivity index (χ0) is 21.3. The smallest absolute Gasteiger partial charge is 0.257 e. The summed E-state index contributed by atoms with van der Waals surface area (Å²) in [5, 5.41) is 5.53. The van der Waals surface area contributed by atoms with Crippen LogP contribution < -0.4 is 5.32 Å². The summed E-state index contributed by atoms with van der Waals surface area (Å²) in [5.41, 5.74) is 6.10. The third-order valence-corrected chi connectivity index (χ3v) is 6.27. The van der Waals surface area contributed by atoms with Crippen molar-refractivity contribution in [1.29, 1.82) is 0 Å². The number of aromatic nitrogens is 1. The van der Waals surface area contributed by atoms with Crippen LogP contribution in [-0.4, -0.2) is 34.8 Å². The molecule has 4 rings (SSSR count). The standard InChI is InChI=1S/C23H25N3O3S/c1-14-9-15(2)20(16(3)10-14)19-13-30-23(24-19)25-21(27)17-5-4-7-26(11-17)22(28)18-6-8-29-12-18/h6,8-10,12-13,17H,4-5,7,11H2,1-3H3,(H,24,25,27). The number of amides is 2. The zero-order valence-corrected chi connectivity index (χ0v) is 18.2. The van der Waals surface area contributed by atoms with E-state index in [1.807, 2.05) is 5.38 Å². The Hall–Kier alpha value is -2.93. The first-order valence-electron chi connectivity index (χ1n) is 10.1. The number of piperidine rings is 1. The van der Waals surface area contributed by atoms with Gasteiger partial charge in [0.2, 0.25) is 5.91 Å². The molecule has 0 aliphatic carbocycles. The average molecular weight is 424 g/mol. The van der Waals surface area contributed by atoms with Crippen molar-refractivity contribution in [3.63, 3.8) is 0 Å². The van der Waals surface area contributed by atoms with Crippen molar-refractivity contribution >= 4 is 28.3 Å². The minimum Gasteiger partial charge on any atom is -0.472 e. The van der Waals surface area contributed by atoms with Crippen molar-refractivity contribution in [2.24, 2.45) is 5.92 Å². The van der Waals surface area contributed by atoms with Crippen LogP contribution in [0.3, 0.4) is 0 Å². The highest BCUT2D eigenvalue weighted by Crippen LogP contribution is 2.31. The van der Waals surface area contributed by atoms with E-state index in [0.29, 0.717) is 23.8 Å². The topological polar surface area (TPSA) is 75.4 Å². The number of thiazole rings is 1. The molecule has 156 valence electrons. The molecular weight excluding hydrogens is 398 g/mol. The first-order valence-corrected chi connectivity index (χ1v) is 11.0. The number of hydrogen-bond donors (Lipinski definition) is 1. The van der Waals surface area contributed by atoms with Crippen LogP contribution in [-0.2, 0) is 4.79 Å². The number of anilines is 1. The molecular formula is C23H25N3O3S. The molecule has 0 spiro atoms. The quantitative estimate of drug-likeness (QED) is 0.653. The first-order chi connectivity index (χ1) is 14.4. The van der Waals surface area contributed by atoms with Crippen LogP contribution in [0, 0.1) is 26.7 Å². The minimum absolute atomic E-state index is 0.0852. The molecule has 2 aromatic heterocycles. The summed E-state index contributed by atoms with van der Waals surface area (Å²) in [7, 11) is 0. The van der Waals surface area contributed by atoms with Gasteiger partial charge < -0.3 is 14.6 Å². The van der Waals surface area contributed by atoms with Gasteiger partial charge in [0.25, 0.3) is 5.91 Å².